The van der Waals surface area contributed by atoms with Crippen LogP contribution in [0.3, 0.4) is 0 Å². The van der Waals surface area contributed by atoms with Gasteiger partial charge in [-0.2, -0.15) is 0 Å². The van der Waals surface area contributed by atoms with Gasteiger partial charge in [-0.15, -0.1) is 0 Å². The lowest BCUT2D eigenvalue weighted by molar-refractivity contribution is -0.691. The van der Waals surface area contributed by atoms with Crippen molar-refractivity contribution < 1.29 is 19.6 Å². The van der Waals surface area contributed by atoms with Crippen LogP contribution in [0.4, 0.5) is 0 Å². The van der Waals surface area contributed by atoms with Gasteiger partial charge in [0.1, 0.15) is 12.0 Å². The fourth-order valence-corrected chi connectivity index (χ4v) is 2.57. The minimum absolute atomic E-state index is 0.0675. The van der Waals surface area contributed by atoms with Crippen LogP contribution in [0.5, 0.6) is 0 Å². The maximum Gasteiger partial charge on any atom is 0.192 e. The molecule has 1 saturated heterocycles. The van der Waals surface area contributed by atoms with E-state index in [0.717, 1.165) is 5.76 Å². The molecule has 0 radical (unpaired) electrons. The first kappa shape index (κ1) is 8.65. The standard InChI is InChI=1S/C8H9NO3S/c10-8(11)5-4-13-7(9-5)6-2-1-3-12-6/h1-3,5,7,9H,4H2,(H,10,11)/t5-,7+/m1/s1. The molecule has 2 N–H and O–H groups in total. The van der Waals surface area contributed by atoms with Gasteiger partial charge in [0, 0.05) is 0 Å². The molecule has 2 atom stereocenters. The molecule has 0 aromatic carbocycles. The SMILES string of the molecule is O=C([O-])[C@H]1CS[C@@H](c2ccco2)[NH2+]1. The number of furan rings is 1. The molecule has 1 fully saturated rings. The van der Waals surface area contributed by atoms with Crippen molar-refractivity contribution in [1.29, 1.82) is 0 Å². The molecule has 5 heteroatoms. The van der Waals surface area contributed by atoms with Crippen LogP contribution >= 0.6 is 11.8 Å². The molecule has 0 aliphatic carbocycles. The molecule has 2 heterocycles. The minimum Gasteiger partial charge on any atom is -0.544 e. The van der Waals surface area contributed by atoms with Gasteiger partial charge in [-0.05, 0) is 12.1 Å². The summed E-state index contributed by atoms with van der Waals surface area (Å²) in [4.78, 5) is 10.5. The highest BCUT2D eigenvalue weighted by atomic mass is 32.2. The van der Waals surface area contributed by atoms with Crippen LogP contribution in [-0.4, -0.2) is 17.8 Å². The van der Waals surface area contributed by atoms with Gasteiger partial charge < -0.3 is 19.6 Å². The lowest BCUT2D eigenvalue weighted by atomic mass is 10.3. The summed E-state index contributed by atoms with van der Waals surface area (Å²) < 4.78 is 5.18. The Balaban J connectivity index is 2.03. The van der Waals surface area contributed by atoms with Crippen molar-refractivity contribution in [2.24, 2.45) is 0 Å². The zero-order chi connectivity index (χ0) is 9.26. The number of rotatable bonds is 2. The molecular weight excluding hydrogens is 190 g/mol. The van der Waals surface area contributed by atoms with Gasteiger partial charge in [0.15, 0.2) is 11.1 Å². The molecule has 1 aromatic heterocycles. The van der Waals surface area contributed by atoms with Crippen molar-refractivity contribution in [2.45, 2.75) is 11.4 Å². The van der Waals surface area contributed by atoms with Gasteiger partial charge in [0.05, 0.1) is 12.0 Å². The molecular formula is C8H9NO3S. The van der Waals surface area contributed by atoms with Crippen LogP contribution in [0.25, 0.3) is 0 Å². The number of thioether (sulfide) groups is 1. The van der Waals surface area contributed by atoms with Crippen molar-refractivity contribution in [3.8, 4) is 0 Å². The number of carbonyl (C=O) groups is 1. The molecule has 0 unspecified atom stereocenters. The molecule has 1 aromatic rings. The largest absolute Gasteiger partial charge is 0.544 e. The Labute approximate surface area is 79.3 Å². The average Bonchev–Trinajstić information content (AvgIpc) is 2.75. The van der Waals surface area contributed by atoms with Gasteiger partial charge in [-0.3, -0.25) is 0 Å². The Hall–Kier alpha value is -0.940. The molecule has 0 saturated carbocycles. The summed E-state index contributed by atoms with van der Waals surface area (Å²) >= 11 is 1.57. The van der Waals surface area contributed by atoms with Crippen molar-refractivity contribution in [1.82, 2.24) is 0 Å². The predicted molar refractivity (Wildman–Crippen MR) is 44.6 cm³/mol. The van der Waals surface area contributed by atoms with E-state index in [1.165, 1.54) is 0 Å². The highest BCUT2D eigenvalue weighted by Gasteiger charge is 2.32. The van der Waals surface area contributed by atoms with Gasteiger partial charge in [-0.25, -0.2) is 0 Å². The number of carboxylic acids is 1. The average molecular weight is 199 g/mol. The number of quaternary nitrogens is 1. The number of nitrogens with two attached hydrogens (primary N) is 1. The van der Waals surface area contributed by atoms with Crippen molar-refractivity contribution in [3.05, 3.63) is 24.2 Å². The fourth-order valence-electron chi connectivity index (χ4n) is 1.31. The Morgan fingerprint density at radius 2 is 2.62 bits per heavy atom. The van der Waals surface area contributed by atoms with E-state index in [9.17, 15) is 9.90 Å². The lowest BCUT2D eigenvalue weighted by Gasteiger charge is -2.08. The topological polar surface area (TPSA) is 69.9 Å². The third-order valence-corrected chi connectivity index (χ3v) is 3.29. The maximum absolute atomic E-state index is 10.5. The molecule has 0 amide bonds. The summed E-state index contributed by atoms with van der Waals surface area (Å²) in [7, 11) is 0. The summed E-state index contributed by atoms with van der Waals surface area (Å²) in [5.74, 6) is 0.392. The predicted octanol–water partition coefficient (Wildman–Crippen LogP) is -1.29. The molecule has 1 aliphatic rings. The second-order valence-corrected chi connectivity index (χ2v) is 4.06. The normalized spacial score (nSPS) is 27.7. The second-order valence-electron chi connectivity index (χ2n) is 2.89. The third kappa shape index (κ3) is 1.71. The summed E-state index contributed by atoms with van der Waals surface area (Å²) in [5, 5.41) is 12.4. The highest BCUT2D eigenvalue weighted by Crippen LogP contribution is 2.26. The fraction of sp³-hybridized carbons (Fsp3) is 0.375. The summed E-state index contributed by atoms with van der Waals surface area (Å²) in [6.07, 6.45) is 1.59. The van der Waals surface area contributed by atoms with E-state index >= 15 is 0 Å². The summed E-state index contributed by atoms with van der Waals surface area (Å²) in [6.45, 7) is 0. The first-order valence-electron chi connectivity index (χ1n) is 3.98. The van der Waals surface area contributed by atoms with Crippen LogP contribution < -0.4 is 10.4 Å². The van der Waals surface area contributed by atoms with E-state index < -0.39 is 12.0 Å². The first-order valence-corrected chi connectivity index (χ1v) is 5.03. The molecule has 13 heavy (non-hydrogen) atoms. The van der Waals surface area contributed by atoms with Gasteiger partial charge in [0.2, 0.25) is 0 Å². The molecule has 0 spiro atoms. The van der Waals surface area contributed by atoms with Gasteiger partial charge >= 0.3 is 0 Å². The zero-order valence-corrected chi connectivity index (χ0v) is 7.62. The number of carbonyl (C=O) groups excluding carboxylic acids is 1. The van der Waals surface area contributed by atoms with Crippen LogP contribution in [0.15, 0.2) is 22.8 Å². The summed E-state index contributed by atoms with van der Waals surface area (Å²) in [5.41, 5.74) is 0. The molecule has 70 valence electrons. The Kier molecular flexibility index (Phi) is 2.28. The van der Waals surface area contributed by atoms with Crippen LogP contribution in [0, 0.1) is 0 Å². The third-order valence-electron chi connectivity index (χ3n) is 1.99. The van der Waals surface area contributed by atoms with Crippen LogP contribution in [-0.2, 0) is 4.79 Å². The van der Waals surface area contributed by atoms with E-state index in [1.54, 1.807) is 29.4 Å². The summed E-state index contributed by atoms with van der Waals surface area (Å²) in [6, 6.07) is 3.21. The van der Waals surface area contributed by atoms with Crippen molar-refractivity contribution >= 4 is 17.7 Å². The van der Waals surface area contributed by atoms with E-state index in [4.69, 9.17) is 4.42 Å². The van der Waals surface area contributed by atoms with E-state index in [-0.39, 0.29) is 5.37 Å². The van der Waals surface area contributed by atoms with E-state index in [2.05, 4.69) is 0 Å². The molecule has 0 bridgehead atoms. The van der Waals surface area contributed by atoms with Crippen LogP contribution in [0.2, 0.25) is 0 Å². The van der Waals surface area contributed by atoms with Crippen LogP contribution in [0.1, 0.15) is 11.1 Å². The van der Waals surface area contributed by atoms with Crippen molar-refractivity contribution in [2.75, 3.05) is 5.75 Å². The molecule has 2 rings (SSSR count). The Bertz CT molecular complexity index is 298. The number of carboxylic acid groups (broad SMARTS) is 1. The lowest BCUT2D eigenvalue weighted by Crippen LogP contribution is -2.90. The second kappa shape index (κ2) is 3.43. The van der Waals surface area contributed by atoms with E-state index in [1.807, 2.05) is 6.07 Å². The smallest absolute Gasteiger partial charge is 0.192 e. The quantitative estimate of drug-likeness (QED) is 0.643. The maximum atomic E-state index is 10.5. The highest BCUT2D eigenvalue weighted by molar-refractivity contribution is 7.99. The Morgan fingerprint density at radius 3 is 3.15 bits per heavy atom. The number of hydrogen-bond donors (Lipinski definition) is 1. The van der Waals surface area contributed by atoms with Gasteiger partial charge in [0.25, 0.3) is 0 Å². The van der Waals surface area contributed by atoms with Crippen molar-refractivity contribution in [3.63, 3.8) is 0 Å². The number of hydrogen-bond acceptors (Lipinski definition) is 4. The molecule has 4 nitrogen and oxygen atoms in total. The van der Waals surface area contributed by atoms with Gasteiger partial charge in [-0.1, -0.05) is 11.8 Å². The first-order chi connectivity index (χ1) is 6.27. The zero-order valence-electron chi connectivity index (χ0n) is 6.80. The Morgan fingerprint density at radius 1 is 1.77 bits per heavy atom. The van der Waals surface area contributed by atoms with E-state index in [0.29, 0.717) is 5.75 Å². The molecule has 1 aliphatic heterocycles. The monoisotopic (exact) mass is 199 g/mol. The minimum atomic E-state index is -0.999. The number of aliphatic carboxylic acids is 1.